The van der Waals surface area contributed by atoms with E-state index >= 15 is 0 Å². The second kappa shape index (κ2) is 3.31. The summed E-state index contributed by atoms with van der Waals surface area (Å²) >= 11 is 0. The zero-order chi connectivity index (χ0) is 10.3. The summed E-state index contributed by atoms with van der Waals surface area (Å²) in [6.07, 6.45) is 0.945. The van der Waals surface area contributed by atoms with Gasteiger partial charge in [0.1, 0.15) is 11.6 Å². The maximum Gasteiger partial charge on any atom is 0.126 e. The molecule has 1 aliphatic carbocycles. The molecule has 1 aromatic rings. The number of hydrogen-bond acceptors (Lipinski definition) is 1. The Morgan fingerprint density at radius 3 is 2.29 bits per heavy atom. The van der Waals surface area contributed by atoms with Crippen LogP contribution in [0.25, 0.3) is 0 Å². The lowest BCUT2D eigenvalue weighted by Gasteiger charge is -2.04. The van der Waals surface area contributed by atoms with Crippen LogP contribution in [0.2, 0.25) is 0 Å². The number of benzene rings is 1. The van der Waals surface area contributed by atoms with Gasteiger partial charge in [-0.15, -0.1) is 0 Å². The Hall–Kier alpha value is -0.960. The van der Waals surface area contributed by atoms with Crippen molar-refractivity contribution < 1.29 is 8.78 Å². The largest absolute Gasteiger partial charge is 0.328 e. The third-order valence-electron chi connectivity index (χ3n) is 2.83. The van der Waals surface area contributed by atoms with Crippen molar-refractivity contribution in [3.05, 3.63) is 35.4 Å². The van der Waals surface area contributed by atoms with Gasteiger partial charge >= 0.3 is 0 Å². The zero-order valence-corrected chi connectivity index (χ0v) is 8.00. The van der Waals surface area contributed by atoms with Crippen LogP contribution in [0.4, 0.5) is 8.78 Å². The minimum atomic E-state index is -0.504. The molecule has 2 N–H and O–H groups in total. The average Bonchev–Trinajstić information content (AvgIpc) is 2.79. The third kappa shape index (κ3) is 1.77. The molecule has 0 heterocycles. The van der Waals surface area contributed by atoms with E-state index in [1.807, 2.05) is 6.92 Å². The third-order valence-corrected chi connectivity index (χ3v) is 2.83. The molecule has 0 radical (unpaired) electrons. The van der Waals surface area contributed by atoms with E-state index in [0.717, 1.165) is 18.1 Å². The minimum absolute atomic E-state index is 0.103. The molecule has 0 amide bonds. The van der Waals surface area contributed by atoms with Crippen molar-refractivity contribution in [3.8, 4) is 0 Å². The van der Waals surface area contributed by atoms with Crippen LogP contribution >= 0.6 is 0 Å². The number of rotatable bonds is 2. The van der Waals surface area contributed by atoms with Gasteiger partial charge in [-0.2, -0.15) is 0 Å². The Kier molecular flexibility index (Phi) is 2.27. The maximum atomic E-state index is 12.9. The van der Waals surface area contributed by atoms with E-state index in [4.69, 9.17) is 5.73 Å². The first-order chi connectivity index (χ1) is 6.58. The highest BCUT2D eigenvalue weighted by atomic mass is 19.1. The molecule has 1 fully saturated rings. The molecule has 1 nitrogen and oxygen atoms in total. The lowest BCUT2D eigenvalue weighted by Crippen LogP contribution is -2.17. The van der Waals surface area contributed by atoms with Crippen LogP contribution in [0, 0.1) is 17.6 Å². The van der Waals surface area contributed by atoms with Gasteiger partial charge in [0, 0.05) is 12.1 Å². The summed E-state index contributed by atoms with van der Waals surface area (Å²) in [5.74, 6) is -0.373. The van der Waals surface area contributed by atoms with Crippen LogP contribution in [0.3, 0.4) is 0 Å². The summed E-state index contributed by atoms with van der Waals surface area (Å²) in [6.45, 7) is 1.93. The number of nitrogens with two attached hydrogens (primary N) is 1. The first kappa shape index (κ1) is 9.59. The van der Waals surface area contributed by atoms with Gasteiger partial charge in [-0.05, 0) is 42.9 Å². The van der Waals surface area contributed by atoms with Gasteiger partial charge in [-0.25, -0.2) is 8.78 Å². The molecule has 1 aromatic carbocycles. The van der Waals surface area contributed by atoms with Gasteiger partial charge in [0.25, 0.3) is 0 Å². The average molecular weight is 197 g/mol. The number of halogens is 2. The lowest BCUT2D eigenvalue weighted by atomic mass is 10.1. The van der Waals surface area contributed by atoms with Crippen LogP contribution in [-0.2, 0) is 0 Å². The van der Waals surface area contributed by atoms with Gasteiger partial charge in [0.15, 0.2) is 0 Å². The highest BCUT2D eigenvalue weighted by Gasteiger charge is 2.40. The van der Waals surface area contributed by atoms with Crippen LogP contribution in [0.15, 0.2) is 18.2 Å². The van der Waals surface area contributed by atoms with Gasteiger partial charge in [-0.1, -0.05) is 0 Å². The summed E-state index contributed by atoms with van der Waals surface area (Å²) in [5.41, 5.74) is 6.45. The molecule has 3 heteroatoms. The Labute approximate surface area is 81.9 Å². The Morgan fingerprint density at radius 2 is 1.86 bits per heavy atom. The fourth-order valence-corrected chi connectivity index (χ4v) is 1.97. The first-order valence-electron chi connectivity index (χ1n) is 4.79. The smallest absolute Gasteiger partial charge is 0.126 e. The van der Waals surface area contributed by atoms with Gasteiger partial charge in [0.05, 0.1) is 0 Å². The Bertz CT molecular complexity index is 329. The van der Waals surface area contributed by atoms with Crippen molar-refractivity contribution in [3.63, 3.8) is 0 Å². The SMILES string of the molecule is CC(N)C1CC1c1cc(F)cc(F)c1. The molecule has 3 unspecified atom stereocenters. The molecule has 2 rings (SSSR count). The van der Waals surface area contributed by atoms with Crippen molar-refractivity contribution in [2.24, 2.45) is 11.7 Å². The highest BCUT2D eigenvalue weighted by molar-refractivity contribution is 5.28. The summed E-state index contributed by atoms with van der Waals surface area (Å²) in [7, 11) is 0. The molecular weight excluding hydrogens is 184 g/mol. The van der Waals surface area contributed by atoms with E-state index in [2.05, 4.69) is 0 Å². The fourth-order valence-electron chi connectivity index (χ4n) is 1.97. The summed E-state index contributed by atoms with van der Waals surface area (Å²) in [4.78, 5) is 0. The second-order valence-electron chi connectivity index (χ2n) is 4.07. The van der Waals surface area contributed by atoms with Crippen molar-refractivity contribution in [2.45, 2.75) is 25.3 Å². The second-order valence-corrected chi connectivity index (χ2v) is 4.07. The van der Waals surface area contributed by atoms with Crippen LogP contribution < -0.4 is 5.73 Å². The summed E-state index contributed by atoms with van der Waals surface area (Å²) < 4.78 is 25.7. The van der Waals surface area contributed by atoms with E-state index in [9.17, 15) is 8.78 Å². The predicted molar refractivity (Wildman–Crippen MR) is 50.9 cm³/mol. The van der Waals surface area contributed by atoms with E-state index < -0.39 is 11.6 Å². The lowest BCUT2D eigenvalue weighted by molar-refractivity contribution is 0.576. The predicted octanol–water partition coefficient (Wildman–Crippen LogP) is 2.42. The molecule has 3 atom stereocenters. The van der Waals surface area contributed by atoms with E-state index in [1.54, 1.807) is 0 Å². The molecule has 14 heavy (non-hydrogen) atoms. The maximum absolute atomic E-state index is 12.9. The first-order valence-corrected chi connectivity index (χ1v) is 4.79. The molecule has 0 saturated heterocycles. The molecule has 1 saturated carbocycles. The topological polar surface area (TPSA) is 26.0 Å². The van der Waals surface area contributed by atoms with Crippen molar-refractivity contribution in [1.29, 1.82) is 0 Å². The highest BCUT2D eigenvalue weighted by Crippen LogP contribution is 2.49. The molecule has 0 bridgehead atoms. The van der Waals surface area contributed by atoms with Crippen molar-refractivity contribution in [1.82, 2.24) is 0 Å². The van der Waals surface area contributed by atoms with Gasteiger partial charge < -0.3 is 5.73 Å². The summed E-state index contributed by atoms with van der Waals surface area (Å²) in [5, 5.41) is 0. The van der Waals surface area contributed by atoms with Crippen LogP contribution in [0.1, 0.15) is 24.8 Å². The van der Waals surface area contributed by atoms with Crippen molar-refractivity contribution >= 4 is 0 Å². The molecular formula is C11H13F2N. The number of hydrogen-bond donors (Lipinski definition) is 1. The molecule has 76 valence electrons. The van der Waals surface area contributed by atoms with Gasteiger partial charge in [-0.3, -0.25) is 0 Å². The molecule has 1 aliphatic rings. The van der Waals surface area contributed by atoms with Crippen LogP contribution in [-0.4, -0.2) is 6.04 Å². The van der Waals surface area contributed by atoms with E-state index in [0.29, 0.717) is 5.92 Å². The quantitative estimate of drug-likeness (QED) is 0.774. The van der Waals surface area contributed by atoms with E-state index in [-0.39, 0.29) is 12.0 Å². The standard InChI is InChI=1S/C11H13F2N/c1-6(14)10-5-11(10)7-2-8(12)4-9(13)3-7/h2-4,6,10-11H,5,14H2,1H3. The monoisotopic (exact) mass is 197 g/mol. The minimum Gasteiger partial charge on any atom is -0.328 e. The molecule has 0 spiro atoms. The Balaban J connectivity index is 2.19. The normalized spacial score (nSPS) is 27.4. The van der Waals surface area contributed by atoms with E-state index in [1.165, 1.54) is 12.1 Å². The van der Waals surface area contributed by atoms with Crippen LogP contribution in [0.5, 0.6) is 0 Å². The fraction of sp³-hybridized carbons (Fsp3) is 0.455. The molecule has 0 aliphatic heterocycles. The summed E-state index contributed by atoms with van der Waals surface area (Å²) in [6, 6.07) is 3.80. The zero-order valence-electron chi connectivity index (χ0n) is 8.00. The van der Waals surface area contributed by atoms with Crippen molar-refractivity contribution in [2.75, 3.05) is 0 Å². The van der Waals surface area contributed by atoms with Gasteiger partial charge in [0.2, 0.25) is 0 Å². The Morgan fingerprint density at radius 1 is 1.29 bits per heavy atom. The molecule has 0 aromatic heterocycles.